The number of benzene rings is 2. The molecule has 0 spiro atoms. The molecule has 116 valence electrons. The van der Waals surface area contributed by atoms with Gasteiger partial charge in [-0.3, -0.25) is 4.79 Å². The molecule has 0 saturated heterocycles. The predicted molar refractivity (Wildman–Crippen MR) is 92.1 cm³/mol. The normalized spacial score (nSPS) is 15.5. The zero-order valence-electron chi connectivity index (χ0n) is 12.1. The molecule has 6 heteroatoms. The number of nitrogens with one attached hydrogen (secondary N) is 1. The Morgan fingerprint density at radius 1 is 1.13 bits per heavy atom. The van der Waals surface area contributed by atoms with Gasteiger partial charge in [0.05, 0.1) is 12.1 Å². The van der Waals surface area contributed by atoms with Gasteiger partial charge in [-0.2, -0.15) is 0 Å². The number of carbonyl (C=O) groups is 1. The number of hydrogen-bond donors (Lipinski definition) is 1. The van der Waals surface area contributed by atoms with E-state index in [1.165, 1.54) is 0 Å². The summed E-state index contributed by atoms with van der Waals surface area (Å²) in [6, 6.07) is 12.4. The third kappa shape index (κ3) is 3.38. The van der Waals surface area contributed by atoms with Crippen LogP contribution in [-0.4, -0.2) is 18.9 Å². The number of amidine groups is 1. The first-order valence-electron chi connectivity index (χ1n) is 6.78. The van der Waals surface area contributed by atoms with Crippen LogP contribution in [-0.2, 0) is 4.79 Å². The second-order valence-corrected chi connectivity index (χ2v) is 5.69. The molecular weight excluding hydrogens is 335 g/mol. The summed E-state index contributed by atoms with van der Waals surface area (Å²) in [6.45, 7) is 0. The SMILES string of the molecule is COc1ccc(/C=C2/N=C(c3ccc(Cl)cc3Cl)NC2=O)cc1. The van der Waals surface area contributed by atoms with Crippen LogP contribution >= 0.6 is 23.2 Å². The molecule has 1 heterocycles. The highest BCUT2D eigenvalue weighted by atomic mass is 35.5. The van der Waals surface area contributed by atoms with E-state index in [1.54, 1.807) is 31.4 Å². The second kappa shape index (κ2) is 6.44. The van der Waals surface area contributed by atoms with Gasteiger partial charge in [0, 0.05) is 10.6 Å². The van der Waals surface area contributed by atoms with E-state index in [-0.39, 0.29) is 5.91 Å². The van der Waals surface area contributed by atoms with Crippen molar-refractivity contribution in [3.05, 3.63) is 69.3 Å². The minimum absolute atomic E-state index is 0.276. The highest BCUT2D eigenvalue weighted by molar-refractivity contribution is 6.37. The first-order valence-corrected chi connectivity index (χ1v) is 7.53. The number of amides is 1. The van der Waals surface area contributed by atoms with Crippen molar-refractivity contribution in [1.29, 1.82) is 0 Å². The lowest BCUT2D eigenvalue weighted by molar-refractivity contribution is -0.115. The Balaban J connectivity index is 1.92. The van der Waals surface area contributed by atoms with Crippen LogP contribution in [0.2, 0.25) is 10.0 Å². The quantitative estimate of drug-likeness (QED) is 0.856. The molecule has 0 radical (unpaired) electrons. The Hall–Kier alpha value is -2.30. The lowest BCUT2D eigenvalue weighted by Gasteiger charge is -2.03. The van der Waals surface area contributed by atoms with Gasteiger partial charge in [0.15, 0.2) is 0 Å². The molecule has 0 bridgehead atoms. The fraction of sp³-hybridized carbons (Fsp3) is 0.0588. The lowest BCUT2D eigenvalue weighted by Crippen LogP contribution is -2.24. The third-order valence-corrected chi connectivity index (χ3v) is 3.85. The highest BCUT2D eigenvalue weighted by Gasteiger charge is 2.22. The van der Waals surface area contributed by atoms with Crippen LogP contribution in [0.15, 0.2) is 53.2 Å². The number of carbonyl (C=O) groups excluding carboxylic acids is 1. The molecule has 0 atom stereocenters. The molecule has 2 aromatic carbocycles. The lowest BCUT2D eigenvalue weighted by atomic mass is 10.2. The van der Waals surface area contributed by atoms with Crippen molar-refractivity contribution >= 4 is 41.0 Å². The summed E-state index contributed by atoms with van der Waals surface area (Å²) in [7, 11) is 1.60. The third-order valence-electron chi connectivity index (χ3n) is 3.30. The van der Waals surface area contributed by atoms with E-state index in [0.29, 0.717) is 27.1 Å². The van der Waals surface area contributed by atoms with Crippen molar-refractivity contribution < 1.29 is 9.53 Å². The van der Waals surface area contributed by atoms with Crippen LogP contribution in [0.3, 0.4) is 0 Å². The molecule has 0 saturated carbocycles. The second-order valence-electron chi connectivity index (χ2n) is 4.84. The van der Waals surface area contributed by atoms with E-state index in [0.717, 1.165) is 11.3 Å². The van der Waals surface area contributed by atoms with Gasteiger partial charge in [0.2, 0.25) is 0 Å². The average Bonchev–Trinajstić information content (AvgIpc) is 2.88. The first kappa shape index (κ1) is 15.6. The maximum absolute atomic E-state index is 12.1. The van der Waals surface area contributed by atoms with Crippen molar-refractivity contribution in [2.45, 2.75) is 0 Å². The molecule has 0 fully saturated rings. The Bertz CT molecular complexity index is 827. The molecule has 1 amide bonds. The first-order chi connectivity index (χ1) is 11.1. The smallest absolute Gasteiger partial charge is 0.275 e. The van der Waals surface area contributed by atoms with Gasteiger partial charge in [-0.05, 0) is 42.0 Å². The Kier molecular flexibility index (Phi) is 4.37. The number of nitrogens with zero attached hydrogens (tertiary/aromatic N) is 1. The fourth-order valence-electron chi connectivity index (χ4n) is 2.14. The van der Waals surface area contributed by atoms with Gasteiger partial charge in [0.1, 0.15) is 17.3 Å². The summed E-state index contributed by atoms with van der Waals surface area (Å²) in [6.07, 6.45) is 1.70. The monoisotopic (exact) mass is 346 g/mol. The van der Waals surface area contributed by atoms with Crippen LogP contribution in [0.1, 0.15) is 11.1 Å². The fourth-order valence-corrected chi connectivity index (χ4v) is 2.63. The summed E-state index contributed by atoms with van der Waals surface area (Å²) in [5.41, 5.74) is 1.79. The average molecular weight is 347 g/mol. The summed E-state index contributed by atoms with van der Waals surface area (Å²) in [4.78, 5) is 16.4. The van der Waals surface area contributed by atoms with Gasteiger partial charge >= 0.3 is 0 Å². The van der Waals surface area contributed by atoms with E-state index in [2.05, 4.69) is 10.3 Å². The van der Waals surface area contributed by atoms with Gasteiger partial charge < -0.3 is 10.1 Å². The zero-order chi connectivity index (χ0) is 16.4. The Morgan fingerprint density at radius 2 is 1.87 bits per heavy atom. The molecule has 4 nitrogen and oxygen atoms in total. The van der Waals surface area contributed by atoms with E-state index in [9.17, 15) is 4.79 Å². The number of hydrogen-bond acceptors (Lipinski definition) is 3. The van der Waals surface area contributed by atoms with Crippen molar-refractivity contribution in [2.24, 2.45) is 4.99 Å². The molecule has 1 N–H and O–H groups in total. The predicted octanol–water partition coefficient (Wildman–Crippen LogP) is 3.92. The molecule has 1 aliphatic rings. The van der Waals surface area contributed by atoms with Crippen LogP contribution in [0.4, 0.5) is 0 Å². The largest absolute Gasteiger partial charge is 0.497 e. The molecular formula is C17H12Cl2N2O2. The van der Waals surface area contributed by atoms with Crippen molar-refractivity contribution in [3.63, 3.8) is 0 Å². The van der Waals surface area contributed by atoms with Crippen molar-refractivity contribution in [3.8, 4) is 5.75 Å². The molecule has 2 aromatic rings. The van der Waals surface area contributed by atoms with E-state index in [1.807, 2.05) is 24.3 Å². The van der Waals surface area contributed by atoms with Crippen molar-refractivity contribution in [1.82, 2.24) is 5.32 Å². The molecule has 0 unspecified atom stereocenters. The van der Waals surface area contributed by atoms with Crippen LogP contribution < -0.4 is 10.1 Å². The topological polar surface area (TPSA) is 50.7 Å². The van der Waals surface area contributed by atoms with Gasteiger partial charge in [0.25, 0.3) is 5.91 Å². The maximum atomic E-state index is 12.1. The summed E-state index contributed by atoms with van der Waals surface area (Å²) in [5.74, 6) is 0.887. The van der Waals surface area contributed by atoms with Crippen LogP contribution in [0.25, 0.3) is 6.08 Å². The minimum atomic E-state index is -0.276. The zero-order valence-corrected chi connectivity index (χ0v) is 13.7. The molecule has 0 aromatic heterocycles. The van der Waals surface area contributed by atoms with Crippen LogP contribution in [0.5, 0.6) is 5.75 Å². The summed E-state index contributed by atoms with van der Waals surface area (Å²) < 4.78 is 5.11. The number of aliphatic imine (C=N–C) groups is 1. The van der Waals surface area contributed by atoms with Crippen LogP contribution in [0, 0.1) is 0 Å². The van der Waals surface area contributed by atoms with Gasteiger partial charge in [-0.1, -0.05) is 35.3 Å². The number of halogens is 2. The van der Waals surface area contributed by atoms with E-state index >= 15 is 0 Å². The standard InChI is InChI=1S/C17H12Cl2N2O2/c1-23-12-5-2-10(3-6-12)8-15-17(22)21-16(20-15)13-7-4-11(18)9-14(13)19/h2-9H,1H3,(H,20,21,22)/b15-8+. The summed E-state index contributed by atoms with van der Waals surface area (Å²) >= 11 is 12.0. The number of ether oxygens (including phenoxy) is 1. The molecule has 1 aliphatic heterocycles. The van der Waals surface area contributed by atoms with E-state index < -0.39 is 0 Å². The number of rotatable bonds is 3. The Morgan fingerprint density at radius 3 is 2.52 bits per heavy atom. The number of methoxy groups -OCH3 is 1. The molecule has 23 heavy (non-hydrogen) atoms. The molecule has 0 aliphatic carbocycles. The maximum Gasteiger partial charge on any atom is 0.275 e. The van der Waals surface area contributed by atoms with Gasteiger partial charge in [-0.25, -0.2) is 4.99 Å². The summed E-state index contributed by atoms with van der Waals surface area (Å²) in [5, 5.41) is 3.67. The van der Waals surface area contributed by atoms with Crippen molar-refractivity contribution in [2.75, 3.05) is 7.11 Å². The van der Waals surface area contributed by atoms with Gasteiger partial charge in [-0.15, -0.1) is 0 Å². The molecule has 3 rings (SSSR count). The van der Waals surface area contributed by atoms with E-state index in [4.69, 9.17) is 27.9 Å². The minimum Gasteiger partial charge on any atom is -0.497 e. The Labute approximate surface area is 143 Å². The highest BCUT2D eigenvalue weighted by Crippen LogP contribution is 2.24.